The number of primary amides is 2. The van der Waals surface area contributed by atoms with E-state index in [9.17, 15) is 39.0 Å². The smallest absolute Gasteiger partial charge is 0.332 e. The number of fused-ring (bicyclic) bond motifs is 3. The third-order valence-corrected chi connectivity index (χ3v) is 7.01. The summed E-state index contributed by atoms with van der Waals surface area (Å²) in [6, 6.07) is 1.82. The van der Waals surface area contributed by atoms with Crippen LogP contribution >= 0.6 is 0 Å². The highest BCUT2D eigenvalue weighted by Gasteiger charge is 2.66. The topological polar surface area (TPSA) is 219 Å². The van der Waals surface area contributed by atoms with Crippen LogP contribution in [0.4, 0.5) is 4.79 Å². The van der Waals surface area contributed by atoms with E-state index >= 15 is 0 Å². The van der Waals surface area contributed by atoms with E-state index in [1.54, 1.807) is 6.92 Å². The second-order valence-electron chi connectivity index (χ2n) is 8.90. The summed E-state index contributed by atoms with van der Waals surface area (Å²) in [7, 11) is 0. The number of Topliss-reactive ketones (excluding diaryl/α,β-unsaturated/α-hetero) is 4. The molecule has 3 aliphatic rings. The number of phenols is 1. The van der Waals surface area contributed by atoms with Gasteiger partial charge >= 0.3 is 6.03 Å². The first-order valence-corrected chi connectivity index (χ1v) is 10.5. The summed E-state index contributed by atoms with van der Waals surface area (Å²) in [5.41, 5.74) is 10.5. The average molecular weight is 470 g/mol. The Balaban J connectivity index is 1.80. The second kappa shape index (κ2) is 7.83. The van der Waals surface area contributed by atoms with Crippen molar-refractivity contribution in [3.8, 4) is 5.75 Å². The maximum absolute atomic E-state index is 13.4. The van der Waals surface area contributed by atoms with Crippen LogP contribution in [-0.4, -0.2) is 56.6 Å². The predicted molar refractivity (Wildman–Crippen MR) is 113 cm³/mol. The van der Waals surface area contributed by atoms with Crippen molar-refractivity contribution in [2.24, 2.45) is 40.2 Å². The molecule has 1 aromatic rings. The molecule has 2 unspecified atom stereocenters. The summed E-state index contributed by atoms with van der Waals surface area (Å²) in [4.78, 5) is 74.8. The molecule has 12 heteroatoms. The van der Waals surface area contributed by atoms with Gasteiger partial charge in [0.15, 0.2) is 34.7 Å². The Hall–Kier alpha value is -3.93. The van der Waals surface area contributed by atoms with Crippen LogP contribution in [0.5, 0.6) is 5.75 Å². The fraction of sp³-hybridized carbons (Fsp3) is 0.409. The molecule has 1 aromatic carbocycles. The molecule has 0 saturated heterocycles. The first-order valence-electron chi connectivity index (χ1n) is 10.5. The molecule has 0 bridgehead atoms. The number of carbonyl (C=O) groups excluding carboxylic acids is 6. The van der Waals surface area contributed by atoms with Gasteiger partial charge < -0.3 is 21.7 Å². The van der Waals surface area contributed by atoms with E-state index in [1.807, 2.05) is 0 Å². The molecule has 2 saturated carbocycles. The van der Waals surface area contributed by atoms with Gasteiger partial charge in [-0.2, -0.15) is 5.10 Å². The van der Waals surface area contributed by atoms with Crippen LogP contribution in [0.15, 0.2) is 17.2 Å². The van der Waals surface area contributed by atoms with Gasteiger partial charge in [-0.05, 0) is 43.4 Å². The van der Waals surface area contributed by atoms with Gasteiger partial charge in [0.1, 0.15) is 5.75 Å². The number of hydrogen-bond donors (Lipinski definition) is 5. The van der Waals surface area contributed by atoms with Crippen molar-refractivity contribution in [2.75, 3.05) is 0 Å². The van der Waals surface area contributed by atoms with Crippen molar-refractivity contribution < 1.29 is 39.0 Å². The zero-order chi connectivity index (χ0) is 25.1. The zero-order valence-electron chi connectivity index (χ0n) is 18.0. The second-order valence-corrected chi connectivity index (χ2v) is 8.90. The molecule has 3 amide bonds. The number of rotatable bonds is 3. The summed E-state index contributed by atoms with van der Waals surface area (Å²) in [5.74, 6) is -10.8. The van der Waals surface area contributed by atoms with Crippen molar-refractivity contribution >= 4 is 40.8 Å². The lowest BCUT2D eigenvalue weighted by atomic mass is 9.53. The maximum Gasteiger partial charge on any atom is 0.332 e. The minimum absolute atomic E-state index is 0.0220. The van der Waals surface area contributed by atoms with Crippen molar-refractivity contribution in [3.05, 3.63) is 28.8 Å². The van der Waals surface area contributed by atoms with E-state index in [4.69, 9.17) is 11.5 Å². The number of benzene rings is 1. The number of ketones is 4. The maximum atomic E-state index is 13.4. The molecule has 5 atom stereocenters. The van der Waals surface area contributed by atoms with Crippen molar-refractivity contribution in [1.82, 2.24) is 5.43 Å². The number of phenolic OH excluding ortho intramolecular Hbond substituents is 1. The number of urea groups is 1. The van der Waals surface area contributed by atoms with Crippen molar-refractivity contribution in [3.63, 3.8) is 0 Å². The lowest BCUT2D eigenvalue weighted by Crippen LogP contribution is -2.68. The quantitative estimate of drug-likeness (QED) is 0.203. The molecular weight excluding hydrogens is 448 g/mol. The number of hydrazone groups is 1. The van der Waals surface area contributed by atoms with E-state index in [1.165, 1.54) is 12.1 Å². The van der Waals surface area contributed by atoms with Gasteiger partial charge in [-0.1, -0.05) is 0 Å². The van der Waals surface area contributed by atoms with Gasteiger partial charge in [0, 0.05) is 17.9 Å². The van der Waals surface area contributed by atoms with Crippen LogP contribution < -0.4 is 16.9 Å². The highest BCUT2D eigenvalue weighted by molar-refractivity contribution is 6.31. The predicted octanol–water partition coefficient (Wildman–Crippen LogP) is -1.28. The fourth-order valence-electron chi connectivity index (χ4n) is 5.51. The summed E-state index contributed by atoms with van der Waals surface area (Å²) in [6.45, 7) is 1.55. The summed E-state index contributed by atoms with van der Waals surface area (Å²) in [6.07, 6.45) is -0.341. The molecule has 0 radical (unpaired) electrons. The number of nitrogens with one attached hydrogen (secondary N) is 1. The van der Waals surface area contributed by atoms with Gasteiger partial charge in [-0.25, -0.2) is 10.2 Å². The van der Waals surface area contributed by atoms with Crippen LogP contribution in [0, 0.1) is 23.7 Å². The van der Waals surface area contributed by atoms with Crippen LogP contribution in [0.1, 0.15) is 41.3 Å². The van der Waals surface area contributed by atoms with E-state index in [0.29, 0.717) is 11.1 Å². The molecule has 7 N–H and O–H groups in total. The highest BCUT2D eigenvalue weighted by atomic mass is 16.3. The summed E-state index contributed by atoms with van der Waals surface area (Å²) in [5, 5.41) is 25.4. The van der Waals surface area contributed by atoms with Crippen molar-refractivity contribution in [1.29, 1.82) is 0 Å². The van der Waals surface area contributed by atoms with Crippen LogP contribution in [-0.2, 0) is 25.6 Å². The molecule has 4 rings (SSSR count). The lowest BCUT2D eigenvalue weighted by Gasteiger charge is -2.48. The Morgan fingerprint density at radius 3 is 2.41 bits per heavy atom. The number of nitrogens with two attached hydrogens (primary N) is 2. The normalized spacial score (nSPS) is 30.8. The Morgan fingerprint density at radius 2 is 1.79 bits per heavy atom. The van der Waals surface area contributed by atoms with Gasteiger partial charge in [0.05, 0.1) is 17.2 Å². The highest BCUT2D eigenvalue weighted by Crippen LogP contribution is 2.50. The third kappa shape index (κ3) is 3.21. The summed E-state index contributed by atoms with van der Waals surface area (Å²) < 4.78 is 0. The number of hydrogen-bond acceptors (Lipinski definition) is 9. The van der Waals surface area contributed by atoms with Crippen molar-refractivity contribution in [2.45, 2.75) is 31.8 Å². The fourth-order valence-corrected chi connectivity index (χ4v) is 5.51. The van der Waals surface area contributed by atoms with E-state index in [2.05, 4.69) is 10.5 Å². The minimum Gasteiger partial charge on any atom is -0.507 e. The lowest BCUT2D eigenvalue weighted by molar-refractivity contribution is -0.175. The minimum atomic E-state index is -2.70. The first-order chi connectivity index (χ1) is 15.9. The molecule has 178 valence electrons. The summed E-state index contributed by atoms with van der Waals surface area (Å²) >= 11 is 0. The van der Waals surface area contributed by atoms with Gasteiger partial charge in [-0.3, -0.25) is 24.0 Å². The number of aromatic hydroxyl groups is 1. The van der Waals surface area contributed by atoms with E-state index in [-0.39, 0.29) is 24.1 Å². The third-order valence-electron chi connectivity index (χ3n) is 7.01. The van der Waals surface area contributed by atoms with Gasteiger partial charge in [-0.15, -0.1) is 0 Å². The van der Waals surface area contributed by atoms with Gasteiger partial charge in [0.25, 0.3) is 0 Å². The monoisotopic (exact) mass is 470 g/mol. The number of amides is 3. The van der Waals surface area contributed by atoms with Crippen LogP contribution in [0.25, 0.3) is 0 Å². The molecule has 3 aliphatic carbocycles. The zero-order valence-corrected chi connectivity index (χ0v) is 18.0. The van der Waals surface area contributed by atoms with Crippen LogP contribution in [0.2, 0.25) is 0 Å². The molecule has 0 heterocycles. The van der Waals surface area contributed by atoms with Gasteiger partial charge in [0.2, 0.25) is 5.91 Å². The number of nitrogens with zero attached hydrogens (tertiary/aromatic N) is 1. The molecule has 0 spiro atoms. The Bertz CT molecular complexity index is 1220. The standard InChI is InChI=1S/C22H22N4O8/c1-7(25-26-21(24)33)10-2-3-12(27)15-11(10)5-8-4-9-6-13(28)16(20(23)32)19(31)22(9,34)18(30)14(8)17(15)29/h2-3,8-9,14,16,27,34H,4-6H2,1H3,(H2,23,32)(H3,24,26,33)/t8-,9+,14?,16?,22+/m1/s1. The van der Waals surface area contributed by atoms with E-state index < -0.39 is 76.5 Å². The molecule has 2 fully saturated rings. The van der Waals surface area contributed by atoms with Crippen LogP contribution in [0.3, 0.4) is 0 Å². The largest absolute Gasteiger partial charge is 0.507 e. The first kappa shape index (κ1) is 23.2. The molecule has 0 aromatic heterocycles. The molecule has 12 nitrogen and oxygen atoms in total. The molecule has 0 aliphatic heterocycles. The number of carbonyl (C=O) groups is 6. The molecule has 34 heavy (non-hydrogen) atoms. The number of aliphatic hydroxyl groups is 1. The Labute approximate surface area is 192 Å². The molecular formula is C22H22N4O8. The van der Waals surface area contributed by atoms with E-state index in [0.717, 1.165) is 0 Å². The Morgan fingerprint density at radius 1 is 1.12 bits per heavy atom. The Kier molecular flexibility index (Phi) is 5.35. The SMILES string of the molecule is CC(=NNC(N)=O)c1ccc(O)c2c1C[C@H]1C[C@H]3CC(=O)C(C(N)=O)C(=O)[C@@]3(O)C(=O)C1C2=O. The average Bonchev–Trinajstić information content (AvgIpc) is 2.74.